The largest absolute Gasteiger partial charge is 0.358 e. The van der Waals surface area contributed by atoms with Crippen molar-refractivity contribution in [3.05, 3.63) is 23.8 Å². The Hall–Kier alpha value is -2.57. The van der Waals surface area contributed by atoms with Gasteiger partial charge < -0.3 is 15.1 Å². The van der Waals surface area contributed by atoms with Gasteiger partial charge >= 0.3 is 0 Å². The molecule has 2 aliphatic heterocycles. The second kappa shape index (κ2) is 8.66. The fourth-order valence-electron chi connectivity index (χ4n) is 4.98. The van der Waals surface area contributed by atoms with Crippen molar-refractivity contribution in [2.24, 2.45) is 0 Å². The first-order valence-corrected chi connectivity index (χ1v) is 11.2. The van der Waals surface area contributed by atoms with E-state index in [0.29, 0.717) is 11.3 Å². The molecule has 1 saturated carbocycles. The lowest BCUT2D eigenvalue weighted by molar-refractivity contribution is -0.125. The molecule has 4 rings (SSSR count). The number of carbonyl (C=O) groups is 3. The van der Waals surface area contributed by atoms with Gasteiger partial charge in [-0.2, -0.15) is 0 Å². The standard InChI is InChI=1S/C23H32N4O3/c1-25(2)22(29)16-11-12-18-20(14-16)27(23(30)19-10-6-7-13-26(18)19)15-21(28)24-17-8-4-3-5-9-17/h11-12,14,17,19H,3-10,13,15H2,1-2H3,(H,24,28)/t19-/m1/s1. The van der Waals surface area contributed by atoms with Gasteiger partial charge in [0.25, 0.3) is 5.91 Å². The molecule has 0 radical (unpaired) electrons. The first kappa shape index (κ1) is 20.7. The summed E-state index contributed by atoms with van der Waals surface area (Å²) in [5, 5.41) is 3.12. The Morgan fingerprint density at radius 1 is 1.03 bits per heavy atom. The van der Waals surface area contributed by atoms with Crippen LogP contribution >= 0.6 is 0 Å². The van der Waals surface area contributed by atoms with Crippen LogP contribution in [0.25, 0.3) is 0 Å². The molecular formula is C23H32N4O3. The molecule has 7 heteroatoms. The fraction of sp³-hybridized carbons (Fsp3) is 0.609. The predicted octanol–water partition coefficient (Wildman–Crippen LogP) is 2.54. The van der Waals surface area contributed by atoms with E-state index in [9.17, 15) is 14.4 Å². The van der Waals surface area contributed by atoms with E-state index in [4.69, 9.17) is 0 Å². The van der Waals surface area contributed by atoms with E-state index in [2.05, 4.69) is 10.2 Å². The van der Waals surface area contributed by atoms with Crippen molar-refractivity contribution >= 4 is 29.1 Å². The molecule has 0 aromatic heterocycles. The van der Waals surface area contributed by atoms with Crippen molar-refractivity contribution in [3.63, 3.8) is 0 Å². The Morgan fingerprint density at radius 2 is 1.77 bits per heavy atom. The first-order valence-electron chi connectivity index (χ1n) is 11.2. The molecule has 0 bridgehead atoms. The molecule has 0 unspecified atom stereocenters. The molecule has 7 nitrogen and oxygen atoms in total. The molecule has 1 aromatic carbocycles. The van der Waals surface area contributed by atoms with Crippen LogP contribution in [0.2, 0.25) is 0 Å². The molecule has 0 spiro atoms. The predicted molar refractivity (Wildman–Crippen MR) is 117 cm³/mol. The summed E-state index contributed by atoms with van der Waals surface area (Å²) in [6.07, 6.45) is 8.39. The number of piperidine rings is 1. The smallest absolute Gasteiger partial charge is 0.253 e. The number of hydrogen-bond donors (Lipinski definition) is 1. The van der Waals surface area contributed by atoms with Gasteiger partial charge in [-0.1, -0.05) is 19.3 Å². The number of fused-ring (bicyclic) bond motifs is 3. The van der Waals surface area contributed by atoms with Crippen LogP contribution in [-0.2, 0) is 9.59 Å². The number of amides is 3. The molecule has 1 N–H and O–H groups in total. The van der Waals surface area contributed by atoms with Crippen LogP contribution in [0.5, 0.6) is 0 Å². The zero-order valence-corrected chi connectivity index (χ0v) is 18.0. The maximum Gasteiger partial charge on any atom is 0.253 e. The van der Waals surface area contributed by atoms with E-state index in [1.54, 1.807) is 25.1 Å². The van der Waals surface area contributed by atoms with Gasteiger partial charge in [-0.05, 0) is 50.3 Å². The Morgan fingerprint density at radius 3 is 2.50 bits per heavy atom. The normalized spacial score (nSPS) is 21.7. The number of hydrogen-bond acceptors (Lipinski definition) is 4. The van der Waals surface area contributed by atoms with E-state index < -0.39 is 0 Å². The molecule has 2 heterocycles. The molecular weight excluding hydrogens is 380 g/mol. The number of benzene rings is 1. The summed E-state index contributed by atoms with van der Waals surface area (Å²) in [4.78, 5) is 44.0. The molecule has 30 heavy (non-hydrogen) atoms. The molecule has 2 fully saturated rings. The van der Waals surface area contributed by atoms with Crippen LogP contribution in [0, 0.1) is 0 Å². The quantitative estimate of drug-likeness (QED) is 0.825. The highest BCUT2D eigenvalue weighted by Crippen LogP contribution is 2.40. The average molecular weight is 413 g/mol. The minimum absolute atomic E-state index is 0.00623. The highest BCUT2D eigenvalue weighted by molar-refractivity contribution is 6.09. The number of nitrogens with zero attached hydrogens (tertiary/aromatic N) is 3. The van der Waals surface area contributed by atoms with Crippen LogP contribution in [0.3, 0.4) is 0 Å². The third-order valence-corrected chi connectivity index (χ3v) is 6.55. The van der Waals surface area contributed by atoms with Gasteiger partial charge in [-0.3, -0.25) is 19.3 Å². The third-order valence-electron chi connectivity index (χ3n) is 6.55. The molecule has 3 amide bonds. The molecule has 3 aliphatic rings. The van der Waals surface area contributed by atoms with E-state index in [1.165, 1.54) is 11.3 Å². The highest BCUT2D eigenvalue weighted by atomic mass is 16.2. The topological polar surface area (TPSA) is 73.0 Å². The Labute approximate surface area is 178 Å². The van der Waals surface area contributed by atoms with Crippen LogP contribution in [0.1, 0.15) is 61.7 Å². The number of carbonyl (C=O) groups excluding carboxylic acids is 3. The molecule has 162 valence electrons. The minimum Gasteiger partial charge on any atom is -0.358 e. The summed E-state index contributed by atoms with van der Waals surface area (Å²) in [6.45, 7) is 0.832. The summed E-state index contributed by atoms with van der Waals surface area (Å²) in [6, 6.07) is 5.52. The van der Waals surface area contributed by atoms with Gasteiger partial charge in [0.1, 0.15) is 12.6 Å². The molecule has 1 aromatic rings. The van der Waals surface area contributed by atoms with Gasteiger partial charge in [0.15, 0.2) is 0 Å². The van der Waals surface area contributed by atoms with Gasteiger partial charge in [0, 0.05) is 32.2 Å². The summed E-state index contributed by atoms with van der Waals surface area (Å²) >= 11 is 0. The van der Waals surface area contributed by atoms with Gasteiger partial charge in [0.2, 0.25) is 11.8 Å². The lowest BCUT2D eigenvalue weighted by Gasteiger charge is -2.45. The maximum absolute atomic E-state index is 13.4. The average Bonchev–Trinajstić information content (AvgIpc) is 2.76. The van der Waals surface area contributed by atoms with Gasteiger partial charge in [-0.15, -0.1) is 0 Å². The third kappa shape index (κ3) is 4.02. The fourth-order valence-corrected chi connectivity index (χ4v) is 4.98. The number of nitrogens with one attached hydrogen (secondary N) is 1. The summed E-state index contributed by atoms with van der Waals surface area (Å²) < 4.78 is 0. The van der Waals surface area contributed by atoms with E-state index in [0.717, 1.165) is 57.2 Å². The van der Waals surface area contributed by atoms with Crippen molar-refractivity contribution in [3.8, 4) is 0 Å². The highest BCUT2D eigenvalue weighted by Gasteiger charge is 2.40. The van der Waals surface area contributed by atoms with Crippen molar-refractivity contribution in [1.29, 1.82) is 0 Å². The second-order valence-electron chi connectivity index (χ2n) is 8.93. The van der Waals surface area contributed by atoms with Crippen LogP contribution in [0.15, 0.2) is 18.2 Å². The zero-order valence-electron chi connectivity index (χ0n) is 18.0. The van der Waals surface area contributed by atoms with E-state index in [1.807, 2.05) is 12.1 Å². The molecule has 1 saturated heterocycles. The summed E-state index contributed by atoms with van der Waals surface area (Å²) in [7, 11) is 3.42. The van der Waals surface area contributed by atoms with Crippen molar-refractivity contribution in [2.75, 3.05) is 37.0 Å². The van der Waals surface area contributed by atoms with Gasteiger partial charge in [-0.25, -0.2) is 0 Å². The minimum atomic E-state index is -0.218. The Bertz CT molecular complexity index is 832. The van der Waals surface area contributed by atoms with Crippen molar-refractivity contribution in [1.82, 2.24) is 10.2 Å². The lowest BCUT2D eigenvalue weighted by Crippen LogP contribution is -2.57. The van der Waals surface area contributed by atoms with Gasteiger partial charge in [0.05, 0.1) is 11.4 Å². The van der Waals surface area contributed by atoms with Crippen LogP contribution in [0.4, 0.5) is 11.4 Å². The van der Waals surface area contributed by atoms with E-state index >= 15 is 0 Å². The zero-order chi connectivity index (χ0) is 21.3. The van der Waals surface area contributed by atoms with Crippen LogP contribution < -0.4 is 15.1 Å². The van der Waals surface area contributed by atoms with Crippen LogP contribution in [-0.4, -0.2) is 61.9 Å². The molecule has 1 atom stereocenters. The second-order valence-corrected chi connectivity index (χ2v) is 8.93. The number of anilines is 2. The molecule has 1 aliphatic carbocycles. The monoisotopic (exact) mass is 412 g/mol. The Kier molecular flexibility index (Phi) is 5.97. The van der Waals surface area contributed by atoms with Crippen molar-refractivity contribution in [2.45, 2.75) is 63.5 Å². The number of rotatable bonds is 4. The first-order chi connectivity index (χ1) is 14.5. The maximum atomic E-state index is 13.4. The van der Waals surface area contributed by atoms with Crippen molar-refractivity contribution < 1.29 is 14.4 Å². The Balaban J connectivity index is 1.63. The summed E-state index contributed by atoms with van der Waals surface area (Å²) in [5.41, 5.74) is 2.14. The summed E-state index contributed by atoms with van der Waals surface area (Å²) in [5.74, 6) is -0.261. The lowest BCUT2D eigenvalue weighted by atomic mass is 9.94. The SMILES string of the molecule is CN(C)C(=O)c1ccc2c(c1)N(CC(=O)NC1CCCCC1)C(=O)[C@H]1CCCCN21. The van der Waals surface area contributed by atoms with E-state index in [-0.39, 0.29) is 36.3 Å².